The number of nitrogens with one attached hydrogen (secondary N) is 1. The fraction of sp³-hybridized carbons (Fsp3) is 1.00. The molecule has 1 saturated heterocycles. The first-order valence-electron chi connectivity index (χ1n) is 9.02. The summed E-state index contributed by atoms with van der Waals surface area (Å²) in [7, 11) is 0. The van der Waals surface area contributed by atoms with Gasteiger partial charge in [0, 0.05) is 31.7 Å². The van der Waals surface area contributed by atoms with Gasteiger partial charge in [0.1, 0.15) is 0 Å². The van der Waals surface area contributed by atoms with Crippen LogP contribution in [0.5, 0.6) is 0 Å². The second-order valence-electron chi connectivity index (χ2n) is 7.98. The molecule has 0 amide bonds. The lowest BCUT2D eigenvalue weighted by Gasteiger charge is -2.44. The van der Waals surface area contributed by atoms with Crippen LogP contribution >= 0.6 is 0 Å². The van der Waals surface area contributed by atoms with Gasteiger partial charge in [-0.15, -0.1) is 0 Å². The molecule has 0 aromatic rings. The molecule has 0 aromatic heterocycles. The molecule has 0 aromatic carbocycles. The number of rotatable bonds is 6. The molecular weight excluding hydrogens is 244 g/mol. The number of hydrogen-bond donors (Lipinski definition) is 1. The van der Waals surface area contributed by atoms with Crippen molar-refractivity contribution in [1.29, 1.82) is 0 Å². The van der Waals surface area contributed by atoms with Gasteiger partial charge < -0.3 is 5.32 Å². The minimum atomic E-state index is 0.635. The average Bonchev–Trinajstić information content (AvgIpc) is 2.81. The summed E-state index contributed by atoms with van der Waals surface area (Å²) in [6.07, 6.45) is 9.94. The van der Waals surface area contributed by atoms with Gasteiger partial charge in [0.15, 0.2) is 0 Å². The Kier molecular flexibility index (Phi) is 5.92. The quantitative estimate of drug-likeness (QED) is 0.789. The van der Waals surface area contributed by atoms with E-state index < -0.39 is 0 Å². The SMILES string of the molecule is CCCC1CN(CC2(CC(C)C)CCCC2)C(C)CN1. The first kappa shape index (κ1) is 16.3. The summed E-state index contributed by atoms with van der Waals surface area (Å²) in [4.78, 5) is 2.81. The van der Waals surface area contributed by atoms with Gasteiger partial charge >= 0.3 is 0 Å². The maximum Gasteiger partial charge on any atom is 0.0195 e. The van der Waals surface area contributed by atoms with Crippen LogP contribution in [0.2, 0.25) is 0 Å². The molecule has 1 aliphatic carbocycles. The van der Waals surface area contributed by atoms with E-state index in [1.54, 1.807) is 0 Å². The lowest BCUT2D eigenvalue weighted by atomic mass is 9.77. The van der Waals surface area contributed by atoms with Crippen molar-refractivity contribution in [1.82, 2.24) is 10.2 Å². The molecule has 2 rings (SSSR count). The largest absolute Gasteiger partial charge is 0.311 e. The van der Waals surface area contributed by atoms with Gasteiger partial charge in [-0.25, -0.2) is 0 Å². The Labute approximate surface area is 126 Å². The zero-order valence-corrected chi connectivity index (χ0v) is 14.3. The van der Waals surface area contributed by atoms with E-state index in [0.717, 1.165) is 12.0 Å². The predicted octanol–water partition coefficient (Wildman–Crippen LogP) is 4.06. The third kappa shape index (κ3) is 4.21. The van der Waals surface area contributed by atoms with Crippen molar-refractivity contribution >= 4 is 0 Å². The molecule has 0 radical (unpaired) electrons. The highest BCUT2D eigenvalue weighted by atomic mass is 15.2. The van der Waals surface area contributed by atoms with Crippen LogP contribution in [-0.2, 0) is 0 Å². The van der Waals surface area contributed by atoms with Crippen LogP contribution in [0.25, 0.3) is 0 Å². The average molecular weight is 280 g/mol. The van der Waals surface area contributed by atoms with Crippen LogP contribution in [0.3, 0.4) is 0 Å². The Hall–Kier alpha value is -0.0800. The molecule has 0 spiro atoms. The molecule has 1 aliphatic heterocycles. The monoisotopic (exact) mass is 280 g/mol. The van der Waals surface area contributed by atoms with Gasteiger partial charge in [-0.05, 0) is 43.9 Å². The molecule has 2 heteroatoms. The topological polar surface area (TPSA) is 15.3 Å². The molecule has 2 nitrogen and oxygen atoms in total. The van der Waals surface area contributed by atoms with Crippen molar-refractivity contribution in [2.24, 2.45) is 11.3 Å². The van der Waals surface area contributed by atoms with Crippen LogP contribution in [0.15, 0.2) is 0 Å². The molecule has 2 aliphatic rings. The van der Waals surface area contributed by atoms with Gasteiger partial charge in [-0.1, -0.05) is 40.0 Å². The summed E-state index contributed by atoms with van der Waals surface area (Å²) in [5, 5.41) is 3.74. The lowest BCUT2D eigenvalue weighted by Crippen LogP contribution is -2.57. The third-order valence-corrected chi connectivity index (χ3v) is 5.46. The van der Waals surface area contributed by atoms with E-state index in [2.05, 4.69) is 37.9 Å². The van der Waals surface area contributed by atoms with Crippen LogP contribution in [-0.4, -0.2) is 36.6 Å². The van der Waals surface area contributed by atoms with E-state index in [-0.39, 0.29) is 0 Å². The normalized spacial score (nSPS) is 31.1. The van der Waals surface area contributed by atoms with Gasteiger partial charge in [0.2, 0.25) is 0 Å². The molecule has 20 heavy (non-hydrogen) atoms. The van der Waals surface area contributed by atoms with Crippen molar-refractivity contribution in [3.63, 3.8) is 0 Å². The standard InChI is InChI=1S/C18H36N2/c1-5-8-17-13-20(16(4)12-19-17)14-18(11-15(2)3)9-6-7-10-18/h15-17,19H,5-14H2,1-4H3. The molecule has 2 fully saturated rings. The van der Waals surface area contributed by atoms with Crippen LogP contribution < -0.4 is 5.32 Å². The van der Waals surface area contributed by atoms with E-state index in [0.29, 0.717) is 11.5 Å². The Balaban J connectivity index is 1.97. The van der Waals surface area contributed by atoms with Crippen molar-refractivity contribution < 1.29 is 0 Å². The second kappa shape index (κ2) is 7.26. The summed E-state index contributed by atoms with van der Waals surface area (Å²) in [5.41, 5.74) is 0.635. The third-order valence-electron chi connectivity index (χ3n) is 5.46. The molecule has 1 N–H and O–H groups in total. The molecule has 2 unspecified atom stereocenters. The number of piperazine rings is 1. The molecule has 0 bridgehead atoms. The first-order chi connectivity index (χ1) is 9.54. The zero-order chi connectivity index (χ0) is 14.6. The zero-order valence-electron chi connectivity index (χ0n) is 14.3. The maximum absolute atomic E-state index is 3.74. The molecule has 118 valence electrons. The Bertz CT molecular complexity index is 281. The van der Waals surface area contributed by atoms with Crippen LogP contribution in [0.1, 0.15) is 72.6 Å². The van der Waals surface area contributed by atoms with E-state index in [1.165, 1.54) is 64.6 Å². The van der Waals surface area contributed by atoms with E-state index >= 15 is 0 Å². The van der Waals surface area contributed by atoms with Gasteiger partial charge in [0.05, 0.1) is 0 Å². The summed E-state index contributed by atoms with van der Waals surface area (Å²) < 4.78 is 0. The van der Waals surface area contributed by atoms with Gasteiger partial charge in [-0.2, -0.15) is 0 Å². The highest BCUT2D eigenvalue weighted by molar-refractivity contribution is 4.92. The number of nitrogens with zero attached hydrogens (tertiary/aromatic N) is 1. The van der Waals surface area contributed by atoms with Gasteiger partial charge in [0.25, 0.3) is 0 Å². The van der Waals surface area contributed by atoms with Crippen LogP contribution in [0, 0.1) is 11.3 Å². The van der Waals surface area contributed by atoms with E-state index in [1.807, 2.05) is 0 Å². The van der Waals surface area contributed by atoms with Crippen molar-refractivity contribution in [3.05, 3.63) is 0 Å². The van der Waals surface area contributed by atoms with Crippen molar-refractivity contribution in [2.45, 2.75) is 84.7 Å². The predicted molar refractivity (Wildman–Crippen MR) is 88.1 cm³/mol. The van der Waals surface area contributed by atoms with E-state index in [4.69, 9.17) is 0 Å². The fourth-order valence-electron chi connectivity index (χ4n) is 4.60. The number of hydrogen-bond acceptors (Lipinski definition) is 2. The Morgan fingerprint density at radius 2 is 1.95 bits per heavy atom. The lowest BCUT2D eigenvalue weighted by molar-refractivity contribution is 0.0658. The highest BCUT2D eigenvalue weighted by Crippen LogP contribution is 2.44. The minimum Gasteiger partial charge on any atom is -0.311 e. The van der Waals surface area contributed by atoms with Crippen molar-refractivity contribution in [2.75, 3.05) is 19.6 Å². The van der Waals surface area contributed by atoms with Crippen LogP contribution in [0.4, 0.5) is 0 Å². The van der Waals surface area contributed by atoms with E-state index in [9.17, 15) is 0 Å². The summed E-state index contributed by atoms with van der Waals surface area (Å²) in [6, 6.07) is 1.45. The summed E-state index contributed by atoms with van der Waals surface area (Å²) >= 11 is 0. The summed E-state index contributed by atoms with van der Waals surface area (Å²) in [5.74, 6) is 0.845. The summed E-state index contributed by atoms with van der Waals surface area (Å²) in [6.45, 7) is 13.3. The molecule has 1 heterocycles. The second-order valence-corrected chi connectivity index (χ2v) is 7.98. The molecule has 2 atom stereocenters. The molecule has 1 saturated carbocycles. The maximum atomic E-state index is 3.74. The molecular formula is C18H36N2. The minimum absolute atomic E-state index is 0.635. The van der Waals surface area contributed by atoms with Gasteiger partial charge in [-0.3, -0.25) is 4.90 Å². The fourth-order valence-corrected chi connectivity index (χ4v) is 4.60. The Morgan fingerprint density at radius 3 is 2.55 bits per heavy atom. The highest BCUT2D eigenvalue weighted by Gasteiger charge is 2.38. The smallest absolute Gasteiger partial charge is 0.0195 e. The Morgan fingerprint density at radius 1 is 1.25 bits per heavy atom. The first-order valence-corrected chi connectivity index (χ1v) is 9.02. The van der Waals surface area contributed by atoms with Crippen molar-refractivity contribution in [3.8, 4) is 0 Å².